The third kappa shape index (κ3) is 2.53. The summed E-state index contributed by atoms with van der Waals surface area (Å²) in [4.78, 5) is 15.5. The standard InChI is InChI=1S/C23H15N3O2/c27-26(28)18-12-10-17(11-13-18)21-15-14-19(16-6-2-1-3-7-16)23-24-20-8-4-5-9-22(20)25(21)23/h1-15H. The number of nitro groups is 1. The summed E-state index contributed by atoms with van der Waals surface area (Å²) in [6.45, 7) is 0. The van der Waals surface area contributed by atoms with Crippen LogP contribution in [0, 0.1) is 10.1 Å². The second-order valence-electron chi connectivity index (χ2n) is 6.56. The summed E-state index contributed by atoms with van der Waals surface area (Å²) in [6.07, 6.45) is 0. The lowest BCUT2D eigenvalue weighted by atomic mass is 10.0. The lowest BCUT2D eigenvalue weighted by Gasteiger charge is -2.11. The number of rotatable bonds is 3. The van der Waals surface area contributed by atoms with Gasteiger partial charge in [0.05, 0.1) is 21.7 Å². The third-order valence-electron chi connectivity index (χ3n) is 4.91. The minimum atomic E-state index is -0.384. The van der Waals surface area contributed by atoms with Crippen LogP contribution in [0.3, 0.4) is 0 Å². The number of imidazole rings is 1. The van der Waals surface area contributed by atoms with E-state index >= 15 is 0 Å². The van der Waals surface area contributed by atoms with Crippen molar-refractivity contribution in [3.05, 3.63) is 101 Å². The summed E-state index contributed by atoms with van der Waals surface area (Å²) in [5.41, 5.74) is 6.84. The SMILES string of the molecule is O=[N+]([O-])c1ccc(-c2ccc(-c3ccccc3)c3nc4ccccc4n23)cc1. The number of aromatic nitrogens is 2. The average molecular weight is 365 g/mol. The van der Waals surface area contributed by atoms with E-state index in [1.807, 2.05) is 48.5 Å². The Bertz CT molecular complexity index is 1320. The fraction of sp³-hybridized carbons (Fsp3) is 0. The fourth-order valence-electron chi connectivity index (χ4n) is 3.58. The Kier molecular flexibility index (Phi) is 3.66. The van der Waals surface area contributed by atoms with Gasteiger partial charge in [-0.2, -0.15) is 0 Å². The molecule has 0 atom stereocenters. The molecule has 0 saturated heterocycles. The van der Waals surface area contributed by atoms with Gasteiger partial charge in [0.1, 0.15) is 5.65 Å². The molecule has 0 spiro atoms. The van der Waals surface area contributed by atoms with Crippen molar-refractivity contribution < 1.29 is 4.92 Å². The zero-order valence-corrected chi connectivity index (χ0v) is 14.8. The molecule has 2 heterocycles. The van der Waals surface area contributed by atoms with Crippen molar-refractivity contribution in [3.8, 4) is 22.4 Å². The van der Waals surface area contributed by atoms with Crippen LogP contribution in [0.1, 0.15) is 0 Å². The second kappa shape index (κ2) is 6.32. The number of benzene rings is 3. The predicted octanol–water partition coefficient (Wildman–Crippen LogP) is 5.73. The molecule has 5 rings (SSSR count). The van der Waals surface area contributed by atoms with Gasteiger partial charge in [-0.05, 0) is 47.5 Å². The molecule has 3 aromatic carbocycles. The normalized spacial score (nSPS) is 11.1. The van der Waals surface area contributed by atoms with Crippen LogP contribution >= 0.6 is 0 Å². The highest BCUT2D eigenvalue weighted by Crippen LogP contribution is 2.33. The van der Waals surface area contributed by atoms with Gasteiger partial charge in [0.25, 0.3) is 5.69 Å². The Morgan fingerprint density at radius 1 is 0.750 bits per heavy atom. The van der Waals surface area contributed by atoms with Gasteiger partial charge in [0.2, 0.25) is 0 Å². The van der Waals surface area contributed by atoms with Crippen LogP contribution in [0.2, 0.25) is 0 Å². The summed E-state index contributed by atoms with van der Waals surface area (Å²) >= 11 is 0. The summed E-state index contributed by atoms with van der Waals surface area (Å²) in [6, 6.07) is 28.9. The first-order valence-corrected chi connectivity index (χ1v) is 8.93. The maximum absolute atomic E-state index is 11.0. The van der Waals surface area contributed by atoms with E-state index in [0.29, 0.717) is 0 Å². The zero-order chi connectivity index (χ0) is 19.1. The van der Waals surface area contributed by atoms with Gasteiger partial charge < -0.3 is 0 Å². The van der Waals surface area contributed by atoms with Crippen LogP contribution in [0.5, 0.6) is 0 Å². The number of para-hydroxylation sites is 2. The Morgan fingerprint density at radius 2 is 1.46 bits per heavy atom. The molecule has 2 aromatic heterocycles. The van der Waals surface area contributed by atoms with Crippen LogP contribution < -0.4 is 0 Å². The summed E-state index contributed by atoms with van der Waals surface area (Å²) in [7, 11) is 0. The van der Waals surface area contributed by atoms with Gasteiger partial charge in [0, 0.05) is 17.7 Å². The largest absolute Gasteiger partial charge is 0.292 e. The first-order chi connectivity index (χ1) is 13.7. The van der Waals surface area contributed by atoms with Gasteiger partial charge in [-0.1, -0.05) is 42.5 Å². The lowest BCUT2D eigenvalue weighted by Crippen LogP contribution is -1.95. The van der Waals surface area contributed by atoms with Crippen molar-refractivity contribution in [1.29, 1.82) is 0 Å². The van der Waals surface area contributed by atoms with Gasteiger partial charge in [-0.15, -0.1) is 0 Å². The van der Waals surface area contributed by atoms with Crippen molar-refractivity contribution in [1.82, 2.24) is 9.38 Å². The van der Waals surface area contributed by atoms with Crippen molar-refractivity contribution in [2.24, 2.45) is 0 Å². The monoisotopic (exact) mass is 365 g/mol. The highest BCUT2D eigenvalue weighted by molar-refractivity contribution is 5.90. The Hall–Kier alpha value is -3.99. The zero-order valence-electron chi connectivity index (χ0n) is 14.8. The predicted molar refractivity (Wildman–Crippen MR) is 110 cm³/mol. The highest BCUT2D eigenvalue weighted by atomic mass is 16.6. The van der Waals surface area contributed by atoms with E-state index < -0.39 is 0 Å². The number of nitrogens with zero attached hydrogens (tertiary/aromatic N) is 3. The number of non-ortho nitro benzene ring substituents is 1. The van der Waals surface area contributed by atoms with Crippen LogP contribution in [0.15, 0.2) is 91.0 Å². The Morgan fingerprint density at radius 3 is 2.21 bits per heavy atom. The van der Waals surface area contributed by atoms with Crippen LogP contribution in [0.25, 0.3) is 39.1 Å². The van der Waals surface area contributed by atoms with Gasteiger partial charge >= 0.3 is 0 Å². The number of hydrogen-bond donors (Lipinski definition) is 0. The molecule has 0 amide bonds. The molecule has 28 heavy (non-hydrogen) atoms. The smallest absolute Gasteiger partial charge is 0.269 e. The first-order valence-electron chi connectivity index (χ1n) is 8.93. The number of fused-ring (bicyclic) bond motifs is 3. The first kappa shape index (κ1) is 16.2. The molecule has 0 aliphatic rings. The minimum absolute atomic E-state index is 0.0800. The molecule has 0 N–H and O–H groups in total. The van der Waals surface area contributed by atoms with E-state index in [4.69, 9.17) is 4.98 Å². The summed E-state index contributed by atoms with van der Waals surface area (Å²) < 4.78 is 2.12. The van der Waals surface area contributed by atoms with Crippen LogP contribution in [0.4, 0.5) is 5.69 Å². The molecule has 134 valence electrons. The van der Waals surface area contributed by atoms with Crippen molar-refractivity contribution >= 4 is 22.4 Å². The quantitative estimate of drug-likeness (QED) is 0.303. The highest BCUT2D eigenvalue weighted by Gasteiger charge is 2.15. The molecule has 0 unspecified atom stereocenters. The lowest BCUT2D eigenvalue weighted by molar-refractivity contribution is -0.384. The van der Waals surface area contributed by atoms with Gasteiger partial charge in [0.15, 0.2) is 0 Å². The molecule has 0 fully saturated rings. The van der Waals surface area contributed by atoms with Crippen molar-refractivity contribution in [3.63, 3.8) is 0 Å². The van der Waals surface area contributed by atoms with Crippen LogP contribution in [-0.2, 0) is 0 Å². The molecule has 0 radical (unpaired) electrons. The molecule has 0 aliphatic heterocycles. The number of nitro benzene ring substituents is 1. The van der Waals surface area contributed by atoms with E-state index in [1.54, 1.807) is 12.1 Å². The summed E-state index contributed by atoms with van der Waals surface area (Å²) in [5, 5.41) is 11.0. The number of hydrogen-bond acceptors (Lipinski definition) is 3. The second-order valence-corrected chi connectivity index (χ2v) is 6.56. The fourth-order valence-corrected chi connectivity index (χ4v) is 3.58. The Labute approximate surface area is 160 Å². The van der Waals surface area contributed by atoms with E-state index in [-0.39, 0.29) is 10.6 Å². The maximum Gasteiger partial charge on any atom is 0.269 e. The van der Waals surface area contributed by atoms with E-state index in [9.17, 15) is 10.1 Å². The Balaban J connectivity index is 1.82. The number of pyridine rings is 1. The molecule has 5 heteroatoms. The van der Waals surface area contributed by atoms with Crippen molar-refractivity contribution in [2.75, 3.05) is 0 Å². The van der Waals surface area contributed by atoms with Gasteiger partial charge in [-0.25, -0.2) is 4.98 Å². The molecular formula is C23H15N3O2. The third-order valence-corrected chi connectivity index (χ3v) is 4.91. The van der Waals surface area contributed by atoms with E-state index in [1.165, 1.54) is 12.1 Å². The molecule has 0 bridgehead atoms. The molecular weight excluding hydrogens is 350 g/mol. The van der Waals surface area contributed by atoms with Crippen molar-refractivity contribution in [2.45, 2.75) is 0 Å². The molecule has 5 aromatic rings. The average Bonchev–Trinajstić information content (AvgIpc) is 3.13. The molecule has 0 aliphatic carbocycles. The van der Waals surface area contributed by atoms with E-state index in [0.717, 1.165) is 39.1 Å². The summed E-state index contributed by atoms with van der Waals surface area (Å²) in [5.74, 6) is 0. The minimum Gasteiger partial charge on any atom is -0.292 e. The van der Waals surface area contributed by atoms with Crippen LogP contribution in [-0.4, -0.2) is 14.3 Å². The maximum atomic E-state index is 11.0. The topological polar surface area (TPSA) is 60.4 Å². The van der Waals surface area contributed by atoms with Gasteiger partial charge in [-0.3, -0.25) is 14.5 Å². The van der Waals surface area contributed by atoms with E-state index in [2.05, 4.69) is 22.6 Å². The molecule has 5 nitrogen and oxygen atoms in total. The molecule has 0 saturated carbocycles.